The standard InChI is InChI=1S/C11H15N3O2/c1-7-3-4-12-11(10(7)14(15)16)13-6-9-5-8(9)2/h3-4,8-9H,5-6H2,1-2H3,(H,12,13). The molecule has 0 bridgehead atoms. The second kappa shape index (κ2) is 4.08. The maximum Gasteiger partial charge on any atom is 0.314 e. The number of pyridine rings is 1. The number of nitro groups is 1. The Labute approximate surface area is 94.0 Å². The summed E-state index contributed by atoms with van der Waals surface area (Å²) in [6.45, 7) is 4.69. The van der Waals surface area contributed by atoms with Crippen LogP contribution in [0.25, 0.3) is 0 Å². The molecule has 2 rings (SSSR count). The molecule has 1 heterocycles. The maximum atomic E-state index is 10.9. The number of hydrogen-bond acceptors (Lipinski definition) is 4. The molecule has 1 N–H and O–H groups in total. The summed E-state index contributed by atoms with van der Waals surface area (Å²) in [5.41, 5.74) is 0.738. The van der Waals surface area contributed by atoms with Crippen molar-refractivity contribution in [3.05, 3.63) is 27.9 Å². The average Bonchev–Trinajstić information content (AvgIpc) is 2.91. The summed E-state index contributed by atoms with van der Waals surface area (Å²) in [6.07, 6.45) is 2.80. The number of rotatable bonds is 4. The minimum absolute atomic E-state index is 0.0933. The molecule has 0 aliphatic heterocycles. The van der Waals surface area contributed by atoms with E-state index in [9.17, 15) is 10.1 Å². The van der Waals surface area contributed by atoms with Crippen LogP contribution in [0.2, 0.25) is 0 Å². The van der Waals surface area contributed by atoms with Crippen molar-refractivity contribution >= 4 is 11.5 Å². The van der Waals surface area contributed by atoms with Crippen LogP contribution in [0.1, 0.15) is 18.9 Å². The van der Waals surface area contributed by atoms with Crippen molar-refractivity contribution < 1.29 is 4.92 Å². The molecule has 16 heavy (non-hydrogen) atoms. The highest BCUT2D eigenvalue weighted by Gasteiger charge is 2.32. The Kier molecular flexibility index (Phi) is 2.77. The van der Waals surface area contributed by atoms with Gasteiger partial charge in [0.2, 0.25) is 5.82 Å². The van der Waals surface area contributed by atoms with E-state index in [4.69, 9.17) is 0 Å². The van der Waals surface area contributed by atoms with Gasteiger partial charge in [0.25, 0.3) is 0 Å². The highest BCUT2D eigenvalue weighted by atomic mass is 16.6. The third-order valence-electron chi connectivity index (χ3n) is 3.12. The second-order valence-electron chi connectivity index (χ2n) is 4.44. The highest BCUT2D eigenvalue weighted by molar-refractivity contribution is 5.59. The molecule has 1 fully saturated rings. The topological polar surface area (TPSA) is 68.1 Å². The molecule has 0 aromatic carbocycles. The van der Waals surface area contributed by atoms with Crippen LogP contribution in [-0.4, -0.2) is 16.5 Å². The molecule has 0 radical (unpaired) electrons. The molecule has 2 unspecified atom stereocenters. The molecule has 5 nitrogen and oxygen atoms in total. The first-order valence-electron chi connectivity index (χ1n) is 5.43. The molecule has 5 heteroatoms. The van der Waals surface area contributed by atoms with E-state index in [0.29, 0.717) is 17.3 Å². The van der Waals surface area contributed by atoms with Crippen molar-refractivity contribution in [2.75, 3.05) is 11.9 Å². The van der Waals surface area contributed by atoms with Crippen molar-refractivity contribution in [2.45, 2.75) is 20.3 Å². The molecule has 0 spiro atoms. The molecule has 1 aromatic rings. The van der Waals surface area contributed by atoms with Crippen LogP contribution in [0.15, 0.2) is 12.3 Å². The van der Waals surface area contributed by atoms with Gasteiger partial charge in [-0.2, -0.15) is 0 Å². The van der Waals surface area contributed by atoms with Crippen molar-refractivity contribution in [3.63, 3.8) is 0 Å². The number of nitrogens with zero attached hydrogens (tertiary/aromatic N) is 2. The zero-order chi connectivity index (χ0) is 11.7. The van der Waals surface area contributed by atoms with E-state index in [1.54, 1.807) is 19.2 Å². The fourth-order valence-electron chi connectivity index (χ4n) is 1.82. The van der Waals surface area contributed by atoms with Gasteiger partial charge in [0.15, 0.2) is 0 Å². The van der Waals surface area contributed by atoms with Gasteiger partial charge in [-0.1, -0.05) is 6.92 Å². The van der Waals surface area contributed by atoms with Crippen molar-refractivity contribution in [1.29, 1.82) is 0 Å². The SMILES string of the molecule is Cc1ccnc(NCC2CC2C)c1[N+](=O)[O-]. The predicted octanol–water partition coefficient (Wildman–Crippen LogP) is 2.37. The summed E-state index contributed by atoms with van der Waals surface area (Å²) >= 11 is 0. The summed E-state index contributed by atoms with van der Waals surface area (Å²) < 4.78 is 0. The number of aryl methyl sites for hydroxylation is 1. The van der Waals surface area contributed by atoms with Crippen LogP contribution in [0.3, 0.4) is 0 Å². The normalized spacial score (nSPS) is 22.9. The molecule has 1 saturated carbocycles. The van der Waals surface area contributed by atoms with Gasteiger partial charge in [0.1, 0.15) is 0 Å². The van der Waals surface area contributed by atoms with Gasteiger partial charge in [0, 0.05) is 18.3 Å². The summed E-state index contributed by atoms with van der Waals surface area (Å²) in [6, 6.07) is 1.66. The van der Waals surface area contributed by atoms with Crippen LogP contribution in [0.5, 0.6) is 0 Å². The Morgan fingerprint density at radius 1 is 1.69 bits per heavy atom. The number of nitrogens with one attached hydrogen (secondary N) is 1. The first-order valence-corrected chi connectivity index (χ1v) is 5.43. The predicted molar refractivity (Wildman–Crippen MR) is 61.4 cm³/mol. The Morgan fingerprint density at radius 3 is 2.94 bits per heavy atom. The van der Waals surface area contributed by atoms with E-state index >= 15 is 0 Å². The van der Waals surface area contributed by atoms with Gasteiger partial charge >= 0.3 is 5.69 Å². The fourth-order valence-corrected chi connectivity index (χ4v) is 1.82. The van der Waals surface area contributed by atoms with Gasteiger partial charge in [-0.05, 0) is 31.2 Å². The van der Waals surface area contributed by atoms with Crippen molar-refractivity contribution in [2.24, 2.45) is 11.8 Å². The van der Waals surface area contributed by atoms with E-state index in [1.807, 2.05) is 0 Å². The minimum atomic E-state index is -0.374. The molecule has 86 valence electrons. The van der Waals surface area contributed by atoms with E-state index in [1.165, 1.54) is 6.42 Å². The summed E-state index contributed by atoms with van der Waals surface area (Å²) in [4.78, 5) is 14.6. The number of anilines is 1. The van der Waals surface area contributed by atoms with Crippen LogP contribution in [0, 0.1) is 28.9 Å². The third-order valence-corrected chi connectivity index (χ3v) is 3.12. The monoisotopic (exact) mass is 221 g/mol. The molecule has 0 amide bonds. The van der Waals surface area contributed by atoms with Crippen LogP contribution < -0.4 is 5.32 Å². The zero-order valence-electron chi connectivity index (χ0n) is 9.43. The first kappa shape index (κ1) is 10.9. The van der Waals surface area contributed by atoms with Gasteiger partial charge in [-0.15, -0.1) is 0 Å². The van der Waals surface area contributed by atoms with E-state index in [2.05, 4.69) is 17.2 Å². The third kappa shape index (κ3) is 2.13. The molecule has 1 aliphatic carbocycles. The summed E-state index contributed by atoms with van der Waals surface area (Å²) in [5.74, 6) is 1.77. The Hall–Kier alpha value is -1.65. The molecule has 2 atom stereocenters. The van der Waals surface area contributed by atoms with Crippen LogP contribution in [-0.2, 0) is 0 Å². The van der Waals surface area contributed by atoms with Gasteiger partial charge in [-0.3, -0.25) is 10.1 Å². The largest absolute Gasteiger partial charge is 0.364 e. The Bertz CT molecular complexity index is 420. The molecule has 0 saturated heterocycles. The molecular weight excluding hydrogens is 206 g/mol. The first-order chi connectivity index (χ1) is 7.59. The second-order valence-corrected chi connectivity index (χ2v) is 4.44. The van der Waals surface area contributed by atoms with Crippen molar-refractivity contribution in [3.8, 4) is 0 Å². The smallest absolute Gasteiger partial charge is 0.314 e. The van der Waals surface area contributed by atoms with Gasteiger partial charge in [-0.25, -0.2) is 4.98 Å². The van der Waals surface area contributed by atoms with Crippen LogP contribution >= 0.6 is 0 Å². The summed E-state index contributed by atoms with van der Waals surface area (Å²) in [7, 11) is 0. The van der Waals surface area contributed by atoms with Crippen molar-refractivity contribution in [1.82, 2.24) is 4.98 Å². The summed E-state index contributed by atoms with van der Waals surface area (Å²) in [5, 5.41) is 14.0. The fraction of sp³-hybridized carbons (Fsp3) is 0.545. The molecule has 1 aromatic heterocycles. The van der Waals surface area contributed by atoms with E-state index < -0.39 is 0 Å². The van der Waals surface area contributed by atoms with Gasteiger partial charge in [0.05, 0.1) is 4.92 Å². The lowest BCUT2D eigenvalue weighted by molar-refractivity contribution is -0.384. The average molecular weight is 221 g/mol. The van der Waals surface area contributed by atoms with Crippen LogP contribution in [0.4, 0.5) is 11.5 Å². The van der Waals surface area contributed by atoms with Gasteiger partial charge < -0.3 is 5.32 Å². The zero-order valence-corrected chi connectivity index (χ0v) is 9.43. The number of aromatic nitrogens is 1. The Balaban J connectivity index is 2.12. The minimum Gasteiger partial charge on any atom is -0.364 e. The maximum absolute atomic E-state index is 10.9. The van der Waals surface area contributed by atoms with E-state index in [-0.39, 0.29) is 10.6 Å². The Morgan fingerprint density at radius 2 is 2.38 bits per heavy atom. The lowest BCUT2D eigenvalue weighted by atomic mass is 10.2. The quantitative estimate of drug-likeness (QED) is 0.626. The number of hydrogen-bond donors (Lipinski definition) is 1. The lowest BCUT2D eigenvalue weighted by Crippen LogP contribution is -2.09. The lowest BCUT2D eigenvalue weighted by Gasteiger charge is -2.06. The molecule has 1 aliphatic rings. The highest BCUT2D eigenvalue weighted by Crippen LogP contribution is 2.38. The molecular formula is C11H15N3O2. The van der Waals surface area contributed by atoms with E-state index in [0.717, 1.165) is 12.5 Å².